The summed E-state index contributed by atoms with van der Waals surface area (Å²) < 4.78 is 16.7. The molecule has 0 saturated heterocycles. The Hall–Kier alpha value is -1.79. The Balaban J connectivity index is 1.74. The fourth-order valence-corrected chi connectivity index (χ4v) is 3.70. The van der Waals surface area contributed by atoms with Crippen LogP contribution in [0.3, 0.4) is 0 Å². The molecule has 0 amide bonds. The van der Waals surface area contributed by atoms with E-state index in [1.165, 1.54) is 4.88 Å². The van der Waals surface area contributed by atoms with Gasteiger partial charge in [-0.2, -0.15) is 0 Å². The van der Waals surface area contributed by atoms with E-state index in [1.807, 2.05) is 19.1 Å². The molecule has 5 nitrogen and oxygen atoms in total. The summed E-state index contributed by atoms with van der Waals surface area (Å²) >= 11 is 1.75. The van der Waals surface area contributed by atoms with Gasteiger partial charge in [-0.3, -0.25) is 0 Å². The van der Waals surface area contributed by atoms with E-state index in [4.69, 9.17) is 14.2 Å². The van der Waals surface area contributed by atoms with Gasteiger partial charge in [0.05, 0.1) is 17.8 Å². The van der Waals surface area contributed by atoms with Crippen LogP contribution in [0.5, 0.6) is 17.2 Å². The quantitative estimate of drug-likeness (QED) is 0.908. The van der Waals surface area contributed by atoms with Crippen LogP contribution in [0.25, 0.3) is 0 Å². The molecule has 0 bridgehead atoms. The number of hydrogen-bond acceptors (Lipinski definition) is 6. The smallest absolute Gasteiger partial charge is 0.203 e. The third kappa shape index (κ3) is 3.43. The van der Waals surface area contributed by atoms with Crippen molar-refractivity contribution in [2.45, 2.75) is 33.4 Å². The summed E-state index contributed by atoms with van der Waals surface area (Å²) in [5, 5.41) is 4.65. The first-order valence-corrected chi connectivity index (χ1v) is 8.54. The van der Waals surface area contributed by atoms with E-state index in [0.29, 0.717) is 19.0 Å². The lowest BCUT2D eigenvalue weighted by Crippen LogP contribution is -2.19. The van der Waals surface area contributed by atoms with Crippen LogP contribution in [0.2, 0.25) is 0 Å². The first-order chi connectivity index (χ1) is 11.1. The van der Waals surface area contributed by atoms with Gasteiger partial charge in [0.25, 0.3) is 0 Å². The second-order valence-corrected chi connectivity index (χ2v) is 6.84. The molecular weight excluding hydrogens is 312 g/mol. The highest BCUT2D eigenvalue weighted by Gasteiger charge is 2.19. The Morgan fingerprint density at radius 2 is 2.09 bits per heavy atom. The molecule has 3 rings (SSSR count). The van der Waals surface area contributed by atoms with E-state index >= 15 is 0 Å². The molecule has 2 aromatic rings. The molecule has 6 heteroatoms. The van der Waals surface area contributed by atoms with Crippen LogP contribution >= 0.6 is 11.3 Å². The van der Waals surface area contributed by atoms with Crippen LogP contribution in [-0.4, -0.2) is 25.3 Å². The lowest BCUT2D eigenvalue weighted by Gasteiger charge is -2.22. The fourth-order valence-electron chi connectivity index (χ4n) is 2.74. The van der Waals surface area contributed by atoms with Crippen molar-refractivity contribution in [1.29, 1.82) is 0 Å². The molecule has 1 aromatic carbocycles. The van der Waals surface area contributed by atoms with Crippen molar-refractivity contribution in [1.82, 2.24) is 10.3 Å². The maximum Gasteiger partial charge on any atom is 0.203 e. The molecule has 23 heavy (non-hydrogen) atoms. The molecular formula is C17H22N2O3S. The van der Waals surface area contributed by atoms with Crippen molar-refractivity contribution >= 4 is 11.3 Å². The minimum absolute atomic E-state index is 0.250. The Labute approximate surface area is 140 Å². The predicted octanol–water partition coefficient (Wildman–Crippen LogP) is 3.39. The maximum absolute atomic E-state index is 5.68. The van der Waals surface area contributed by atoms with Crippen LogP contribution < -0.4 is 19.5 Å². The molecule has 124 valence electrons. The van der Waals surface area contributed by atoms with Gasteiger partial charge in [0.2, 0.25) is 5.75 Å². The third-order valence-electron chi connectivity index (χ3n) is 3.83. The van der Waals surface area contributed by atoms with E-state index in [2.05, 4.69) is 24.1 Å². The second kappa shape index (κ2) is 6.76. The van der Waals surface area contributed by atoms with Gasteiger partial charge in [-0.15, -0.1) is 11.3 Å². The zero-order valence-corrected chi connectivity index (χ0v) is 14.8. The zero-order chi connectivity index (χ0) is 16.4. The van der Waals surface area contributed by atoms with Gasteiger partial charge in [0.15, 0.2) is 11.5 Å². The van der Waals surface area contributed by atoms with Crippen LogP contribution in [0.4, 0.5) is 0 Å². The van der Waals surface area contributed by atoms with E-state index in [1.54, 1.807) is 18.4 Å². The van der Waals surface area contributed by atoms with Gasteiger partial charge in [-0.25, -0.2) is 4.98 Å². The molecule has 2 heterocycles. The van der Waals surface area contributed by atoms with E-state index in [9.17, 15) is 0 Å². The van der Waals surface area contributed by atoms with Gasteiger partial charge in [0, 0.05) is 17.5 Å². The first kappa shape index (κ1) is 16.1. The Kier molecular flexibility index (Phi) is 4.73. The molecule has 1 N–H and O–H groups in total. The molecule has 0 saturated carbocycles. The molecule has 0 fully saturated rings. The summed E-state index contributed by atoms with van der Waals surface area (Å²) in [7, 11) is 1.65. The number of nitrogens with zero attached hydrogens (tertiary/aromatic N) is 1. The number of methoxy groups -OCH3 is 1. The van der Waals surface area contributed by atoms with Gasteiger partial charge in [-0.05, 0) is 38.5 Å². The van der Waals surface area contributed by atoms with Crippen LogP contribution in [0.1, 0.15) is 34.1 Å². The number of thiazole rings is 1. The minimum atomic E-state index is 0.250. The van der Waals surface area contributed by atoms with Crippen molar-refractivity contribution < 1.29 is 14.2 Å². The molecule has 0 unspecified atom stereocenters. The SMILES string of the molecule is COc1cc(CN[C@H](C)c2sc(C)nc2C)cc2c1OCCO2. The van der Waals surface area contributed by atoms with Crippen LogP contribution in [0, 0.1) is 13.8 Å². The van der Waals surface area contributed by atoms with E-state index in [-0.39, 0.29) is 6.04 Å². The number of aromatic nitrogens is 1. The molecule has 0 radical (unpaired) electrons. The van der Waals surface area contributed by atoms with Crippen molar-refractivity contribution in [2.24, 2.45) is 0 Å². The summed E-state index contributed by atoms with van der Waals surface area (Å²) in [4.78, 5) is 5.78. The number of rotatable bonds is 5. The van der Waals surface area contributed by atoms with Gasteiger partial charge in [0.1, 0.15) is 13.2 Å². The first-order valence-electron chi connectivity index (χ1n) is 7.72. The minimum Gasteiger partial charge on any atom is -0.493 e. The van der Waals surface area contributed by atoms with E-state index in [0.717, 1.165) is 34.3 Å². The summed E-state index contributed by atoms with van der Waals surface area (Å²) in [5.74, 6) is 2.17. The molecule has 0 aliphatic carbocycles. The van der Waals surface area contributed by atoms with Crippen LogP contribution in [0.15, 0.2) is 12.1 Å². The Bertz CT molecular complexity index is 682. The number of ether oxygens (including phenoxy) is 3. The summed E-state index contributed by atoms with van der Waals surface area (Å²) in [6, 6.07) is 4.26. The van der Waals surface area contributed by atoms with Crippen LogP contribution in [-0.2, 0) is 6.54 Å². The zero-order valence-electron chi connectivity index (χ0n) is 13.9. The lowest BCUT2D eigenvalue weighted by atomic mass is 10.1. The number of fused-ring (bicyclic) bond motifs is 1. The topological polar surface area (TPSA) is 52.6 Å². The van der Waals surface area contributed by atoms with E-state index < -0.39 is 0 Å². The largest absolute Gasteiger partial charge is 0.493 e. The summed E-state index contributed by atoms with van der Waals surface area (Å²) in [5.41, 5.74) is 2.21. The number of aryl methyl sites for hydroxylation is 2. The summed E-state index contributed by atoms with van der Waals surface area (Å²) in [6.07, 6.45) is 0. The predicted molar refractivity (Wildman–Crippen MR) is 90.8 cm³/mol. The Morgan fingerprint density at radius 3 is 2.78 bits per heavy atom. The molecule has 0 spiro atoms. The average Bonchev–Trinajstić information content (AvgIpc) is 2.90. The molecule has 1 atom stereocenters. The molecule has 1 aliphatic rings. The highest BCUT2D eigenvalue weighted by atomic mass is 32.1. The third-order valence-corrected chi connectivity index (χ3v) is 5.09. The maximum atomic E-state index is 5.68. The summed E-state index contributed by atoms with van der Waals surface area (Å²) in [6.45, 7) is 8.12. The van der Waals surface area contributed by atoms with Crippen molar-refractivity contribution in [3.05, 3.63) is 33.3 Å². The van der Waals surface area contributed by atoms with Crippen molar-refractivity contribution in [2.75, 3.05) is 20.3 Å². The monoisotopic (exact) mass is 334 g/mol. The highest BCUT2D eigenvalue weighted by molar-refractivity contribution is 7.11. The normalized spacial score (nSPS) is 14.6. The van der Waals surface area contributed by atoms with Gasteiger partial charge < -0.3 is 19.5 Å². The number of benzene rings is 1. The molecule has 1 aliphatic heterocycles. The average molecular weight is 334 g/mol. The van der Waals surface area contributed by atoms with Gasteiger partial charge >= 0.3 is 0 Å². The number of hydrogen-bond donors (Lipinski definition) is 1. The highest BCUT2D eigenvalue weighted by Crippen LogP contribution is 2.40. The Morgan fingerprint density at radius 1 is 1.30 bits per heavy atom. The van der Waals surface area contributed by atoms with Crippen molar-refractivity contribution in [3.63, 3.8) is 0 Å². The second-order valence-electron chi connectivity index (χ2n) is 5.61. The number of nitrogens with one attached hydrogen (secondary N) is 1. The lowest BCUT2D eigenvalue weighted by molar-refractivity contribution is 0.165. The molecule has 1 aromatic heterocycles. The standard InChI is InChI=1S/C17H22N2O3S/c1-10(17-11(2)19-12(3)23-17)18-9-13-7-14(20-4)16-15(8-13)21-5-6-22-16/h7-8,10,18H,5-6,9H2,1-4H3/t10-/m1/s1. The fraction of sp³-hybridized carbons (Fsp3) is 0.471. The van der Waals surface area contributed by atoms with Gasteiger partial charge in [-0.1, -0.05) is 0 Å². The van der Waals surface area contributed by atoms with Crippen molar-refractivity contribution in [3.8, 4) is 17.2 Å².